The summed E-state index contributed by atoms with van der Waals surface area (Å²) in [5, 5.41) is 20.3. The number of ether oxygens (including phenoxy) is 1. The predicted molar refractivity (Wildman–Crippen MR) is 82.7 cm³/mol. The zero-order valence-corrected chi connectivity index (χ0v) is 13.4. The molecule has 0 saturated carbocycles. The minimum absolute atomic E-state index is 0.252. The Morgan fingerprint density at radius 1 is 1.05 bits per heavy atom. The third kappa shape index (κ3) is 4.25. The summed E-state index contributed by atoms with van der Waals surface area (Å²) < 4.78 is 4.86. The van der Waals surface area contributed by atoms with Crippen molar-refractivity contribution in [1.82, 2.24) is 0 Å². The van der Waals surface area contributed by atoms with Crippen LogP contribution in [0.2, 0.25) is 0 Å². The van der Waals surface area contributed by atoms with Crippen LogP contribution in [-0.2, 0) is 16.0 Å². The average Bonchev–Trinajstić information content (AvgIpc) is 2.42. The molecule has 1 aromatic carbocycles. The van der Waals surface area contributed by atoms with Gasteiger partial charge in [-0.15, -0.1) is 0 Å². The van der Waals surface area contributed by atoms with Gasteiger partial charge in [0.1, 0.15) is 18.1 Å². The summed E-state index contributed by atoms with van der Waals surface area (Å²) in [4.78, 5) is 10.7. The number of phenolic OH excluding ortho intramolecular Hbond substituents is 2. The molecule has 0 saturated heterocycles. The van der Waals surface area contributed by atoms with E-state index in [0.29, 0.717) is 6.42 Å². The number of allylic oxidation sites excluding steroid dienone is 1. The highest BCUT2D eigenvalue weighted by Crippen LogP contribution is 2.37. The van der Waals surface area contributed by atoms with Gasteiger partial charge in [-0.1, -0.05) is 5.57 Å². The molecule has 0 aliphatic carbocycles. The molecule has 116 valence electrons. The molecule has 0 bridgehead atoms. The molecule has 1 rings (SSSR count). The first-order chi connectivity index (χ1) is 9.75. The van der Waals surface area contributed by atoms with E-state index in [1.54, 1.807) is 13.8 Å². The zero-order valence-electron chi connectivity index (χ0n) is 13.4. The molecule has 0 atom stereocenters. The summed E-state index contributed by atoms with van der Waals surface area (Å²) >= 11 is 0. The fourth-order valence-corrected chi connectivity index (χ4v) is 2.21. The molecule has 0 heterocycles. The monoisotopic (exact) mass is 292 g/mol. The van der Waals surface area contributed by atoms with E-state index in [0.717, 1.165) is 34.2 Å². The van der Waals surface area contributed by atoms with Crippen LogP contribution in [0.1, 0.15) is 42.5 Å². The van der Waals surface area contributed by atoms with E-state index < -0.39 is 0 Å². The Morgan fingerprint density at radius 2 is 1.62 bits per heavy atom. The van der Waals surface area contributed by atoms with Gasteiger partial charge in [0.05, 0.1) is 0 Å². The standard InChI is InChI=1S/C17H24O4/c1-10(8-9-21-14(5)18)6-7-15-13(4)16(19)11(2)12(3)17(15)20/h8,19-20H,6-7,9H2,1-5H3/b10-8+. The number of rotatable bonds is 5. The first-order valence-electron chi connectivity index (χ1n) is 7.05. The second kappa shape index (κ2) is 7.16. The molecule has 0 aliphatic rings. The second-order valence-corrected chi connectivity index (χ2v) is 5.40. The Kier molecular flexibility index (Phi) is 5.82. The number of aromatic hydroxyl groups is 2. The van der Waals surface area contributed by atoms with Gasteiger partial charge in [0.2, 0.25) is 0 Å². The number of hydrogen-bond donors (Lipinski definition) is 2. The zero-order chi connectivity index (χ0) is 16.2. The molecular weight excluding hydrogens is 268 g/mol. The first kappa shape index (κ1) is 17.1. The van der Waals surface area contributed by atoms with Crippen molar-refractivity contribution in [2.24, 2.45) is 0 Å². The molecule has 0 aliphatic heterocycles. The highest BCUT2D eigenvalue weighted by Gasteiger charge is 2.15. The van der Waals surface area contributed by atoms with E-state index in [1.807, 2.05) is 19.9 Å². The highest BCUT2D eigenvalue weighted by molar-refractivity contribution is 5.66. The molecule has 4 nitrogen and oxygen atoms in total. The summed E-state index contributed by atoms with van der Waals surface area (Å²) in [5.74, 6) is 0.212. The number of hydrogen-bond acceptors (Lipinski definition) is 4. The number of carbonyl (C=O) groups excluding carboxylic acids is 1. The highest BCUT2D eigenvalue weighted by atomic mass is 16.5. The fourth-order valence-electron chi connectivity index (χ4n) is 2.21. The number of phenols is 2. The van der Waals surface area contributed by atoms with Crippen molar-refractivity contribution in [1.29, 1.82) is 0 Å². The van der Waals surface area contributed by atoms with Gasteiger partial charge in [-0.25, -0.2) is 0 Å². The van der Waals surface area contributed by atoms with Crippen molar-refractivity contribution in [3.8, 4) is 11.5 Å². The number of benzene rings is 1. The summed E-state index contributed by atoms with van der Waals surface area (Å²) in [6, 6.07) is 0. The van der Waals surface area contributed by atoms with Crippen molar-refractivity contribution in [3.05, 3.63) is 33.9 Å². The lowest BCUT2D eigenvalue weighted by Gasteiger charge is -2.16. The van der Waals surface area contributed by atoms with Gasteiger partial charge in [0, 0.05) is 12.5 Å². The Labute approximate surface area is 126 Å². The van der Waals surface area contributed by atoms with Crippen LogP contribution in [0.5, 0.6) is 11.5 Å². The maximum absolute atomic E-state index is 10.7. The molecular formula is C17H24O4. The van der Waals surface area contributed by atoms with E-state index in [9.17, 15) is 15.0 Å². The van der Waals surface area contributed by atoms with E-state index in [4.69, 9.17) is 4.74 Å². The first-order valence-corrected chi connectivity index (χ1v) is 7.05. The SMILES string of the molecule is CC(=O)OC/C=C(\C)CCc1c(C)c(O)c(C)c(C)c1O. The summed E-state index contributed by atoms with van der Waals surface area (Å²) in [6.07, 6.45) is 3.22. The lowest BCUT2D eigenvalue weighted by atomic mass is 9.93. The fraction of sp³-hybridized carbons (Fsp3) is 0.471. The minimum atomic E-state index is -0.299. The van der Waals surface area contributed by atoms with Crippen LogP contribution in [0, 0.1) is 20.8 Å². The summed E-state index contributed by atoms with van der Waals surface area (Å²) in [6.45, 7) is 9.01. The van der Waals surface area contributed by atoms with Gasteiger partial charge in [0.15, 0.2) is 0 Å². The smallest absolute Gasteiger partial charge is 0.302 e. The van der Waals surface area contributed by atoms with E-state index in [1.165, 1.54) is 6.92 Å². The van der Waals surface area contributed by atoms with Gasteiger partial charge in [-0.2, -0.15) is 0 Å². The van der Waals surface area contributed by atoms with Crippen LogP contribution < -0.4 is 0 Å². The quantitative estimate of drug-likeness (QED) is 0.495. The number of carbonyl (C=O) groups is 1. The normalized spacial score (nSPS) is 11.6. The molecule has 2 N–H and O–H groups in total. The van der Waals surface area contributed by atoms with Gasteiger partial charge in [-0.05, 0) is 63.3 Å². The van der Waals surface area contributed by atoms with Gasteiger partial charge >= 0.3 is 5.97 Å². The molecule has 0 amide bonds. The third-order valence-corrected chi connectivity index (χ3v) is 3.85. The second-order valence-electron chi connectivity index (χ2n) is 5.40. The van der Waals surface area contributed by atoms with Gasteiger partial charge in [-0.3, -0.25) is 4.79 Å². The molecule has 0 aromatic heterocycles. The molecule has 4 heteroatoms. The Hall–Kier alpha value is -1.97. The number of esters is 1. The topological polar surface area (TPSA) is 66.8 Å². The Balaban J connectivity index is 2.83. The van der Waals surface area contributed by atoms with Crippen LogP contribution in [0.3, 0.4) is 0 Å². The van der Waals surface area contributed by atoms with Crippen LogP contribution in [0.25, 0.3) is 0 Å². The lowest BCUT2D eigenvalue weighted by molar-refractivity contribution is -0.139. The molecule has 0 radical (unpaired) electrons. The van der Waals surface area contributed by atoms with Crippen molar-refractivity contribution < 1.29 is 19.7 Å². The van der Waals surface area contributed by atoms with Crippen LogP contribution in [0.4, 0.5) is 0 Å². The Bertz CT molecular complexity index is 542. The van der Waals surface area contributed by atoms with Crippen molar-refractivity contribution in [2.45, 2.75) is 47.5 Å². The summed E-state index contributed by atoms with van der Waals surface area (Å²) in [5.41, 5.74) is 4.01. The molecule has 0 unspecified atom stereocenters. The van der Waals surface area contributed by atoms with Crippen LogP contribution in [0.15, 0.2) is 11.6 Å². The van der Waals surface area contributed by atoms with Crippen molar-refractivity contribution in [3.63, 3.8) is 0 Å². The van der Waals surface area contributed by atoms with Gasteiger partial charge < -0.3 is 14.9 Å². The van der Waals surface area contributed by atoms with Crippen molar-refractivity contribution in [2.75, 3.05) is 6.61 Å². The van der Waals surface area contributed by atoms with Crippen LogP contribution >= 0.6 is 0 Å². The maximum atomic E-state index is 10.7. The van der Waals surface area contributed by atoms with Crippen molar-refractivity contribution >= 4 is 5.97 Å². The molecule has 0 fully saturated rings. The lowest BCUT2D eigenvalue weighted by Crippen LogP contribution is -2.00. The molecule has 1 aromatic rings. The average molecular weight is 292 g/mol. The minimum Gasteiger partial charge on any atom is -0.507 e. The largest absolute Gasteiger partial charge is 0.507 e. The van der Waals surface area contributed by atoms with Crippen LogP contribution in [-0.4, -0.2) is 22.8 Å². The Morgan fingerprint density at radius 3 is 2.19 bits per heavy atom. The predicted octanol–water partition coefficient (Wildman–Crippen LogP) is 3.47. The van der Waals surface area contributed by atoms with E-state index >= 15 is 0 Å². The third-order valence-electron chi connectivity index (χ3n) is 3.85. The molecule has 0 spiro atoms. The summed E-state index contributed by atoms with van der Waals surface area (Å²) in [7, 11) is 0. The maximum Gasteiger partial charge on any atom is 0.302 e. The van der Waals surface area contributed by atoms with E-state index in [2.05, 4.69) is 0 Å². The molecule has 21 heavy (non-hydrogen) atoms. The van der Waals surface area contributed by atoms with Gasteiger partial charge in [0.25, 0.3) is 0 Å². The van der Waals surface area contributed by atoms with E-state index in [-0.39, 0.29) is 24.1 Å².